The van der Waals surface area contributed by atoms with Crippen LogP contribution in [0.25, 0.3) is 0 Å². The largest absolute Gasteiger partial charge is 0.480 e. The van der Waals surface area contributed by atoms with Gasteiger partial charge in [-0.15, -0.1) is 0 Å². The first-order valence-electron chi connectivity index (χ1n) is 8.25. The number of carboxylic acids is 1. The molecule has 0 heterocycles. The van der Waals surface area contributed by atoms with Gasteiger partial charge in [0.25, 0.3) is 0 Å². The van der Waals surface area contributed by atoms with Crippen LogP contribution < -0.4 is 15.9 Å². The van der Waals surface area contributed by atoms with Gasteiger partial charge in [-0.3, -0.25) is 4.79 Å². The maximum Gasteiger partial charge on any atom is 0.408 e. The van der Waals surface area contributed by atoms with Gasteiger partial charge in [0.15, 0.2) is 0 Å². The van der Waals surface area contributed by atoms with Gasteiger partial charge in [0.1, 0.15) is 18.7 Å². The molecule has 2 unspecified atom stereocenters. The van der Waals surface area contributed by atoms with Crippen molar-refractivity contribution in [3.63, 3.8) is 0 Å². The summed E-state index contributed by atoms with van der Waals surface area (Å²) in [5, 5.41) is 25.6. The van der Waals surface area contributed by atoms with Gasteiger partial charge in [-0.05, 0) is 18.8 Å². The van der Waals surface area contributed by atoms with Crippen molar-refractivity contribution in [2.75, 3.05) is 6.54 Å². The van der Waals surface area contributed by atoms with E-state index in [1.165, 1.54) is 6.82 Å². The Balaban J connectivity index is 2.64. The number of carbonyl (C=O) groups excluding carboxylic acids is 2. The van der Waals surface area contributed by atoms with Crippen molar-refractivity contribution >= 4 is 25.0 Å². The lowest BCUT2D eigenvalue weighted by Gasteiger charge is -2.21. The zero-order chi connectivity index (χ0) is 19.5. The topological polar surface area (TPSA) is 137 Å². The molecule has 0 aliphatic rings. The van der Waals surface area contributed by atoms with Crippen LogP contribution in [0.2, 0.25) is 6.82 Å². The van der Waals surface area contributed by atoms with E-state index < -0.39 is 37.1 Å². The van der Waals surface area contributed by atoms with Crippen LogP contribution >= 0.6 is 0 Å². The van der Waals surface area contributed by atoms with E-state index in [4.69, 9.17) is 9.84 Å². The third-order valence-corrected chi connectivity index (χ3v) is 3.46. The summed E-state index contributed by atoms with van der Waals surface area (Å²) in [5.74, 6) is -1.86. The number of nitrogens with one attached hydrogen (secondary N) is 3. The smallest absolute Gasteiger partial charge is 0.408 e. The van der Waals surface area contributed by atoms with Gasteiger partial charge in [0, 0.05) is 6.54 Å². The lowest BCUT2D eigenvalue weighted by molar-refractivity contribution is -0.142. The fraction of sp³-hybridized carbons (Fsp3) is 0.438. The molecule has 2 amide bonds. The van der Waals surface area contributed by atoms with Crippen LogP contribution in [0.1, 0.15) is 18.9 Å². The fourth-order valence-corrected chi connectivity index (χ4v) is 2.02. The third-order valence-electron chi connectivity index (χ3n) is 3.46. The molecule has 1 rings (SSSR count). The number of benzene rings is 1. The molecule has 142 valence electrons. The summed E-state index contributed by atoms with van der Waals surface area (Å²) in [7, 11) is -0.908. The van der Waals surface area contributed by atoms with Crippen molar-refractivity contribution in [2.45, 2.75) is 38.9 Å². The second-order valence-electron chi connectivity index (χ2n) is 5.65. The highest BCUT2D eigenvalue weighted by atomic mass is 16.5. The Labute approximate surface area is 152 Å². The Kier molecular flexibility index (Phi) is 9.17. The van der Waals surface area contributed by atoms with E-state index in [1.54, 1.807) is 31.2 Å². The van der Waals surface area contributed by atoms with E-state index in [1.807, 2.05) is 6.07 Å². The Hall–Kier alpha value is -2.59. The van der Waals surface area contributed by atoms with Crippen molar-refractivity contribution < 1.29 is 29.3 Å². The second kappa shape index (κ2) is 11.1. The maximum absolute atomic E-state index is 12.3. The zero-order valence-corrected chi connectivity index (χ0v) is 14.8. The Morgan fingerprint density at radius 2 is 1.81 bits per heavy atom. The standard InChI is InChI=1S/C16H24BN3O6/c1-3-12(15(22)23)19-14(21)13(9-18-17(2)25)20-16(24)26-10-11-7-5-4-6-8-11/h4-8,12-13,18,25H,3,9-10H2,1-2H3,(H,19,21)(H,20,24)(H,22,23). The summed E-state index contributed by atoms with van der Waals surface area (Å²) in [5.41, 5.74) is 0.780. The van der Waals surface area contributed by atoms with E-state index in [0.29, 0.717) is 0 Å². The number of alkyl carbamates (subject to hydrolysis) is 1. The number of ether oxygens (including phenoxy) is 1. The number of hydrogen-bond donors (Lipinski definition) is 5. The van der Waals surface area contributed by atoms with Gasteiger partial charge >= 0.3 is 19.1 Å². The summed E-state index contributed by atoms with van der Waals surface area (Å²) >= 11 is 0. The molecular formula is C16H24BN3O6. The van der Waals surface area contributed by atoms with Crippen LogP contribution in [0.15, 0.2) is 30.3 Å². The molecule has 2 atom stereocenters. The van der Waals surface area contributed by atoms with Gasteiger partial charge in [-0.25, -0.2) is 9.59 Å². The normalized spacial score (nSPS) is 12.6. The SMILES string of the molecule is CCC(NC(=O)C(CNB(C)O)NC(=O)OCc1ccccc1)C(=O)O. The number of hydrogen-bond acceptors (Lipinski definition) is 6. The summed E-state index contributed by atoms with van der Waals surface area (Å²) in [6, 6.07) is 6.82. The Morgan fingerprint density at radius 1 is 1.15 bits per heavy atom. The predicted octanol–water partition coefficient (Wildman–Crippen LogP) is -0.0393. The zero-order valence-electron chi connectivity index (χ0n) is 14.8. The highest BCUT2D eigenvalue weighted by Crippen LogP contribution is 2.01. The Bertz CT molecular complexity index is 599. The average Bonchev–Trinajstić information content (AvgIpc) is 2.61. The lowest BCUT2D eigenvalue weighted by Crippen LogP contribution is -2.56. The Morgan fingerprint density at radius 3 is 2.35 bits per heavy atom. The van der Waals surface area contributed by atoms with E-state index >= 15 is 0 Å². The third kappa shape index (κ3) is 7.99. The molecule has 0 radical (unpaired) electrons. The molecule has 1 aromatic rings. The monoisotopic (exact) mass is 365 g/mol. The van der Waals surface area contributed by atoms with Gasteiger partial charge in [0.05, 0.1) is 0 Å². The highest BCUT2D eigenvalue weighted by molar-refractivity contribution is 6.45. The second-order valence-corrected chi connectivity index (χ2v) is 5.65. The number of amides is 2. The minimum absolute atomic E-state index is 0.0254. The quantitative estimate of drug-likeness (QED) is 0.367. The molecule has 0 fully saturated rings. The molecule has 0 aromatic heterocycles. The number of aliphatic carboxylic acids is 1. The number of carboxylic acid groups (broad SMARTS) is 1. The summed E-state index contributed by atoms with van der Waals surface area (Å²) in [4.78, 5) is 35.3. The molecule has 9 nitrogen and oxygen atoms in total. The van der Waals surface area contributed by atoms with Crippen molar-refractivity contribution in [1.29, 1.82) is 0 Å². The predicted molar refractivity (Wildman–Crippen MR) is 95.2 cm³/mol. The summed E-state index contributed by atoms with van der Waals surface area (Å²) in [6.07, 6.45) is -0.638. The molecule has 26 heavy (non-hydrogen) atoms. The van der Waals surface area contributed by atoms with Crippen LogP contribution in [-0.2, 0) is 20.9 Å². The van der Waals surface area contributed by atoms with Crippen LogP contribution in [0, 0.1) is 0 Å². The van der Waals surface area contributed by atoms with Crippen LogP contribution in [0.4, 0.5) is 4.79 Å². The molecule has 0 saturated carbocycles. The van der Waals surface area contributed by atoms with Crippen LogP contribution in [0.3, 0.4) is 0 Å². The van der Waals surface area contributed by atoms with Gasteiger partial charge in [0.2, 0.25) is 5.91 Å². The highest BCUT2D eigenvalue weighted by Gasteiger charge is 2.26. The minimum Gasteiger partial charge on any atom is -0.480 e. The van der Waals surface area contributed by atoms with Crippen LogP contribution in [-0.4, -0.2) is 53.8 Å². The summed E-state index contributed by atoms with van der Waals surface area (Å²) in [6.45, 7) is 3.00. The molecule has 0 aliphatic heterocycles. The first-order valence-corrected chi connectivity index (χ1v) is 8.25. The van der Waals surface area contributed by atoms with Gasteiger partial charge in [-0.1, -0.05) is 37.3 Å². The van der Waals surface area contributed by atoms with Crippen molar-refractivity contribution in [3.05, 3.63) is 35.9 Å². The first-order chi connectivity index (χ1) is 12.3. The van der Waals surface area contributed by atoms with Crippen molar-refractivity contribution in [3.8, 4) is 0 Å². The average molecular weight is 365 g/mol. The minimum atomic E-state index is -1.17. The van der Waals surface area contributed by atoms with Gasteiger partial charge in [-0.2, -0.15) is 0 Å². The van der Waals surface area contributed by atoms with Crippen molar-refractivity contribution in [1.82, 2.24) is 15.9 Å². The molecule has 0 bridgehead atoms. The van der Waals surface area contributed by atoms with Gasteiger partial charge < -0.3 is 30.7 Å². The van der Waals surface area contributed by atoms with E-state index in [0.717, 1.165) is 5.56 Å². The van der Waals surface area contributed by atoms with E-state index in [-0.39, 0.29) is 19.6 Å². The van der Waals surface area contributed by atoms with Crippen LogP contribution in [0.5, 0.6) is 0 Å². The van der Waals surface area contributed by atoms with Crippen molar-refractivity contribution in [2.24, 2.45) is 0 Å². The molecule has 5 N–H and O–H groups in total. The van der Waals surface area contributed by atoms with E-state index in [2.05, 4.69) is 15.9 Å². The lowest BCUT2D eigenvalue weighted by atomic mass is 9.88. The fourth-order valence-electron chi connectivity index (χ4n) is 2.02. The van der Waals surface area contributed by atoms with E-state index in [9.17, 15) is 19.4 Å². The molecule has 10 heteroatoms. The maximum atomic E-state index is 12.3. The molecule has 1 aromatic carbocycles. The molecule has 0 saturated heterocycles. The molecule has 0 spiro atoms. The molecular weight excluding hydrogens is 341 g/mol. The number of rotatable bonds is 10. The molecule has 0 aliphatic carbocycles. The number of carbonyl (C=O) groups is 3. The first kappa shape index (κ1) is 21.5. The summed E-state index contributed by atoms with van der Waals surface area (Å²) < 4.78 is 5.06.